The lowest BCUT2D eigenvalue weighted by Crippen LogP contribution is -2.33. The Hall–Kier alpha value is -1.20. The van der Waals surface area contributed by atoms with Crippen molar-refractivity contribution in [3.63, 3.8) is 0 Å². The molecular formula is C11H14ClFN2O2. The molecule has 0 aromatic carbocycles. The molecule has 4 nitrogen and oxygen atoms in total. The number of aromatic nitrogens is 1. The van der Waals surface area contributed by atoms with Crippen molar-refractivity contribution in [1.82, 2.24) is 10.3 Å². The Morgan fingerprint density at radius 1 is 1.71 bits per heavy atom. The van der Waals surface area contributed by atoms with Crippen molar-refractivity contribution in [1.29, 1.82) is 0 Å². The van der Waals surface area contributed by atoms with Gasteiger partial charge in [-0.3, -0.25) is 4.79 Å². The van der Waals surface area contributed by atoms with E-state index in [-0.39, 0.29) is 23.4 Å². The normalized spacial score (nSPS) is 12.2. The maximum atomic E-state index is 12.9. The molecule has 0 bridgehead atoms. The lowest BCUT2D eigenvalue weighted by molar-refractivity contribution is 0.0935. The standard InChI is InChI=1S/C11H14ClFN2O2/c1-7(3-2-4-16)15-11(17)9-5-8(13)6-14-10(9)12/h5-7,16H,2-4H2,1H3,(H,15,17). The second-order valence-corrected chi connectivity index (χ2v) is 4.09. The van der Waals surface area contributed by atoms with Gasteiger partial charge in [0.05, 0.1) is 11.8 Å². The van der Waals surface area contributed by atoms with Gasteiger partial charge < -0.3 is 10.4 Å². The lowest BCUT2D eigenvalue weighted by Gasteiger charge is -2.13. The molecule has 1 aromatic heterocycles. The second kappa shape index (κ2) is 6.51. The van der Waals surface area contributed by atoms with Crippen LogP contribution in [0, 0.1) is 5.82 Å². The summed E-state index contributed by atoms with van der Waals surface area (Å²) < 4.78 is 12.9. The number of hydrogen-bond donors (Lipinski definition) is 2. The van der Waals surface area contributed by atoms with Crippen molar-refractivity contribution in [2.75, 3.05) is 6.61 Å². The highest BCUT2D eigenvalue weighted by atomic mass is 35.5. The zero-order valence-corrected chi connectivity index (χ0v) is 10.2. The van der Waals surface area contributed by atoms with Gasteiger partial charge in [-0.2, -0.15) is 0 Å². The van der Waals surface area contributed by atoms with Crippen molar-refractivity contribution >= 4 is 17.5 Å². The van der Waals surface area contributed by atoms with E-state index >= 15 is 0 Å². The van der Waals surface area contributed by atoms with Crippen LogP contribution in [0.5, 0.6) is 0 Å². The highest BCUT2D eigenvalue weighted by Crippen LogP contribution is 2.14. The summed E-state index contributed by atoms with van der Waals surface area (Å²) in [5.41, 5.74) is 0.0162. The summed E-state index contributed by atoms with van der Waals surface area (Å²) in [6.45, 7) is 1.87. The average Bonchev–Trinajstić information content (AvgIpc) is 2.29. The predicted octanol–water partition coefficient (Wildman–Crippen LogP) is 1.76. The van der Waals surface area contributed by atoms with Crippen LogP contribution in [-0.4, -0.2) is 28.6 Å². The number of pyridine rings is 1. The molecule has 1 atom stereocenters. The first kappa shape index (κ1) is 13.9. The lowest BCUT2D eigenvalue weighted by atomic mass is 10.1. The fourth-order valence-corrected chi connectivity index (χ4v) is 1.54. The maximum Gasteiger partial charge on any atom is 0.254 e. The van der Waals surface area contributed by atoms with Gasteiger partial charge in [-0.15, -0.1) is 0 Å². The fourth-order valence-electron chi connectivity index (χ4n) is 1.35. The van der Waals surface area contributed by atoms with Gasteiger partial charge in [-0.05, 0) is 25.8 Å². The SMILES string of the molecule is CC(CCCO)NC(=O)c1cc(F)cnc1Cl. The van der Waals surface area contributed by atoms with Crippen molar-refractivity contribution in [2.24, 2.45) is 0 Å². The summed E-state index contributed by atoms with van der Waals surface area (Å²) in [5.74, 6) is -1.07. The van der Waals surface area contributed by atoms with Crippen LogP contribution < -0.4 is 5.32 Å². The number of aliphatic hydroxyl groups excluding tert-OH is 1. The highest BCUT2D eigenvalue weighted by Gasteiger charge is 2.14. The number of halogens is 2. The molecule has 0 radical (unpaired) electrons. The van der Waals surface area contributed by atoms with Gasteiger partial charge in [-0.25, -0.2) is 9.37 Å². The van der Waals surface area contributed by atoms with Crippen LogP contribution in [0.15, 0.2) is 12.3 Å². The molecule has 0 fully saturated rings. The number of carbonyl (C=O) groups is 1. The third kappa shape index (κ3) is 4.28. The van der Waals surface area contributed by atoms with Crippen molar-refractivity contribution < 1.29 is 14.3 Å². The van der Waals surface area contributed by atoms with E-state index in [2.05, 4.69) is 10.3 Å². The fraction of sp³-hybridized carbons (Fsp3) is 0.455. The van der Waals surface area contributed by atoms with Gasteiger partial charge in [0.15, 0.2) is 0 Å². The first-order valence-corrected chi connectivity index (χ1v) is 5.65. The molecule has 6 heteroatoms. The number of rotatable bonds is 5. The first-order valence-electron chi connectivity index (χ1n) is 5.27. The van der Waals surface area contributed by atoms with Gasteiger partial charge in [-0.1, -0.05) is 11.6 Å². The first-order chi connectivity index (χ1) is 8.04. The van der Waals surface area contributed by atoms with Crippen LogP contribution in [0.1, 0.15) is 30.1 Å². The second-order valence-electron chi connectivity index (χ2n) is 3.73. The van der Waals surface area contributed by atoms with Crippen LogP contribution in [0.2, 0.25) is 5.15 Å². The number of nitrogens with one attached hydrogen (secondary N) is 1. The zero-order valence-electron chi connectivity index (χ0n) is 9.41. The van der Waals surface area contributed by atoms with Gasteiger partial charge in [0.2, 0.25) is 0 Å². The van der Waals surface area contributed by atoms with E-state index in [4.69, 9.17) is 16.7 Å². The van der Waals surface area contributed by atoms with Gasteiger partial charge in [0.1, 0.15) is 11.0 Å². The Morgan fingerprint density at radius 2 is 2.41 bits per heavy atom. The van der Waals surface area contributed by atoms with Crippen LogP contribution >= 0.6 is 11.6 Å². The zero-order chi connectivity index (χ0) is 12.8. The summed E-state index contributed by atoms with van der Waals surface area (Å²) in [7, 11) is 0. The molecule has 1 aromatic rings. The Kier molecular flexibility index (Phi) is 5.31. The largest absolute Gasteiger partial charge is 0.396 e. The Labute approximate surface area is 104 Å². The molecule has 1 heterocycles. The summed E-state index contributed by atoms with van der Waals surface area (Å²) in [5, 5.41) is 11.3. The van der Waals surface area contributed by atoms with Crippen LogP contribution in [0.3, 0.4) is 0 Å². The minimum absolute atomic E-state index is 0.0162. The molecule has 0 aliphatic carbocycles. The molecular weight excluding hydrogens is 247 g/mol. The summed E-state index contributed by atoms with van der Waals surface area (Å²) in [4.78, 5) is 15.3. The smallest absolute Gasteiger partial charge is 0.254 e. The van der Waals surface area contributed by atoms with Crippen molar-refractivity contribution in [2.45, 2.75) is 25.8 Å². The third-order valence-corrected chi connectivity index (χ3v) is 2.52. The van der Waals surface area contributed by atoms with Crippen molar-refractivity contribution in [3.05, 3.63) is 28.8 Å². The quantitative estimate of drug-likeness (QED) is 0.793. The third-order valence-electron chi connectivity index (χ3n) is 2.22. The highest BCUT2D eigenvalue weighted by molar-refractivity contribution is 6.32. The molecule has 1 unspecified atom stereocenters. The van der Waals surface area contributed by atoms with Gasteiger partial charge in [0, 0.05) is 12.6 Å². The molecule has 17 heavy (non-hydrogen) atoms. The van der Waals surface area contributed by atoms with E-state index in [0.29, 0.717) is 12.8 Å². The molecule has 0 saturated carbocycles. The summed E-state index contributed by atoms with van der Waals surface area (Å²) in [6.07, 6.45) is 2.19. The molecule has 0 saturated heterocycles. The number of hydrogen-bond acceptors (Lipinski definition) is 3. The summed E-state index contributed by atoms with van der Waals surface area (Å²) >= 11 is 5.70. The molecule has 0 aliphatic heterocycles. The van der Waals surface area contributed by atoms with E-state index in [1.165, 1.54) is 0 Å². The predicted molar refractivity (Wildman–Crippen MR) is 62.5 cm³/mol. The minimum Gasteiger partial charge on any atom is -0.396 e. The van der Waals surface area contributed by atoms with E-state index in [9.17, 15) is 9.18 Å². The van der Waals surface area contributed by atoms with Crippen LogP contribution in [0.4, 0.5) is 4.39 Å². The van der Waals surface area contributed by atoms with Crippen LogP contribution in [-0.2, 0) is 0 Å². The minimum atomic E-state index is -0.609. The maximum absolute atomic E-state index is 12.9. The molecule has 94 valence electrons. The van der Waals surface area contributed by atoms with E-state index < -0.39 is 11.7 Å². The summed E-state index contributed by atoms with van der Waals surface area (Å²) in [6, 6.07) is 0.928. The molecule has 2 N–H and O–H groups in total. The Balaban J connectivity index is 2.66. The number of amides is 1. The number of aliphatic hydroxyl groups is 1. The number of carbonyl (C=O) groups excluding carboxylic acids is 1. The molecule has 0 spiro atoms. The molecule has 1 rings (SSSR count). The molecule has 0 aliphatic rings. The van der Waals surface area contributed by atoms with Crippen molar-refractivity contribution in [3.8, 4) is 0 Å². The van der Waals surface area contributed by atoms with Gasteiger partial charge in [0.25, 0.3) is 5.91 Å². The Morgan fingerprint density at radius 3 is 3.06 bits per heavy atom. The topological polar surface area (TPSA) is 62.2 Å². The Bertz CT molecular complexity index is 401. The monoisotopic (exact) mass is 260 g/mol. The van der Waals surface area contributed by atoms with Gasteiger partial charge >= 0.3 is 0 Å². The molecule has 1 amide bonds. The van der Waals surface area contributed by atoms with Crippen LogP contribution in [0.25, 0.3) is 0 Å². The van der Waals surface area contributed by atoms with E-state index in [1.54, 1.807) is 6.92 Å². The van der Waals surface area contributed by atoms with E-state index in [0.717, 1.165) is 12.3 Å². The average molecular weight is 261 g/mol. The number of nitrogens with zero attached hydrogens (tertiary/aromatic N) is 1. The van der Waals surface area contributed by atoms with E-state index in [1.807, 2.05) is 0 Å².